The summed E-state index contributed by atoms with van der Waals surface area (Å²) in [5.74, 6) is 2.50. The number of hydrogen-bond acceptors (Lipinski definition) is 3. The number of rotatable bonds is 11. The van der Waals surface area contributed by atoms with Crippen LogP contribution in [0.3, 0.4) is 0 Å². The number of aryl methyl sites for hydroxylation is 2. The van der Waals surface area contributed by atoms with Gasteiger partial charge in [0.15, 0.2) is 0 Å². The van der Waals surface area contributed by atoms with Gasteiger partial charge in [-0.2, -0.15) is 5.10 Å². The van der Waals surface area contributed by atoms with Gasteiger partial charge in [0.25, 0.3) is 0 Å². The number of nitrogens with zero attached hydrogens (tertiary/aromatic N) is 4. The summed E-state index contributed by atoms with van der Waals surface area (Å²) in [5, 5.41) is 7.69. The summed E-state index contributed by atoms with van der Waals surface area (Å²) in [6.45, 7) is 25.0. The van der Waals surface area contributed by atoms with E-state index in [-0.39, 0.29) is 10.8 Å². The second kappa shape index (κ2) is 15.6. The van der Waals surface area contributed by atoms with Crippen molar-refractivity contribution >= 4 is 21.8 Å². The molecule has 3 aromatic heterocycles. The molecule has 4 aromatic carbocycles. The summed E-state index contributed by atoms with van der Waals surface area (Å²) in [4.78, 5) is 4.97. The molecule has 0 spiro atoms. The molecule has 0 amide bonds. The zero-order valence-corrected chi connectivity index (χ0v) is 36.3. The Balaban J connectivity index is 1.34. The molecule has 0 N–H and O–H groups in total. The fourth-order valence-corrected chi connectivity index (χ4v) is 8.07. The lowest BCUT2D eigenvalue weighted by Crippen LogP contribution is -2.13. The van der Waals surface area contributed by atoms with Crippen LogP contribution in [0.15, 0.2) is 103 Å². The molecule has 0 aliphatic rings. The van der Waals surface area contributed by atoms with Crippen LogP contribution in [0.25, 0.3) is 44.4 Å². The van der Waals surface area contributed by atoms with E-state index >= 15 is 0 Å². The minimum atomic E-state index is -0.103. The minimum Gasteiger partial charge on any atom is -0.457 e. The average molecular weight is 759 g/mol. The van der Waals surface area contributed by atoms with Gasteiger partial charge in [-0.1, -0.05) is 119 Å². The van der Waals surface area contributed by atoms with Crippen LogP contribution in [0.4, 0.5) is 0 Å². The summed E-state index contributed by atoms with van der Waals surface area (Å²) < 4.78 is 11.4. The minimum absolute atomic E-state index is 0.00725. The average Bonchev–Trinajstić information content (AvgIpc) is 3.71. The predicted molar refractivity (Wildman–Crippen MR) is 241 cm³/mol. The van der Waals surface area contributed by atoms with Crippen LogP contribution in [0, 0.1) is 5.41 Å². The molecule has 0 aliphatic heterocycles. The van der Waals surface area contributed by atoms with Crippen LogP contribution in [0.1, 0.15) is 124 Å². The Bertz CT molecular complexity index is 2510. The van der Waals surface area contributed by atoms with Crippen LogP contribution in [0.2, 0.25) is 0 Å². The highest BCUT2D eigenvalue weighted by Gasteiger charge is 2.23. The first-order valence-corrected chi connectivity index (χ1v) is 21.1. The maximum absolute atomic E-state index is 6.91. The molecule has 0 fully saturated rings. The quantitative estimate of drug-likeness (QED) is 0.123. The molecule has 0 saturated heterocycles. The molecule has 57 heavy (non-hydrogen) atoms. The van der Waals surface area contributed by atoms with Crippen LogP contribution in [-0.4, -0.2) is 19.3 Å². The summed E-state index contributed by atoms with van der Waals surface area (Å²) in [6, 6.07) is 35.3. The summed E-state index contributed by atoms with van der Waals surface area (Å²) >= 11 is 0. The van der Waals surface area contributed by atoms with E-state index in [0.717, 1.165) is 59.0 Å². The Kier molecular flexibility index (Phi) is 11.0. The lowest BCUT2D eigenvalue weighted by molar-refractivity contribution is 0.360. The van der Waals surface area contributed by atoms with Gasteiger partial charge in [0, 0.05) is 34.7 Å². The monoisotopic (exact) mass is 758 g/mol. The lowest BCUT2D eigenvalue weighted by Gasteiger charge is -2.22. The molecular weight excluding hydrogens is 697 g/mol. The fraction of sp³-hybridized carbons (Fsp3) is 0.385. The van der Waals surface area contributed by atoms with Gasteiger partial charge >= 0.3 is 0 Å². The van der Waals surface area contributed by atoms with Crippen molar-refractivity contribution in [3.63, 3.8) is 0 Å². The van der Waals surface area contributed by atoms with Crippen LogP contribution in [-0.2, 0) is 30.1 Å². The molecule has 0 radical (unpaired) electrons. The second-order valence-corrected chi connectivity index (χ2v) is 19.1. The van der Waals surface area contributed by atoms with Gasteiger partial charge in [-0.15, -0.1) is 0 Å². The number of aromatic nitrogens is 4. The van der Waals surface area contributed by atoms with Gasteiger partial charge in [0.2, 0.25) is 0 Å². The van der Waals surface area contributed by atoms with Gasteiger partial charge < -0.3 is 4.74 Å². The van der Waals surface area contributed by atoms with E-state index in [4.69, 9.17) is 14.8 Å². The third-order valence-corrected chi connectivity index (χ3v) is 11.3. The molecule has 0 aliphatic carbocycles. The van der Waals surface area contributed by atoms with Crippen molar-refractivity contribution < 1.29 is 4.74 Å². The third-order valence-electron chi connectivity index (χ3n) is 11.3. The van der Waals surface area contributed by atoms with Crippen molar-refractivity contribution in [2.75, 3.05) is 0 Å². The largest absolute Gasteiger partial charge is 0.457 e. The van der Waals surface area contributed by atoms with Gasteiger partial charge in [-0.3, -0.25) is 4.57 Å². The molecule has 0 bridgehead atoms. The van der Waals surface area contributed by atoms with Gasteiger partial charge in [-0.25, -0.2) is 9.67 Å². The zero-order chi connectivity index (χ0) is 40.7. The maximum atomic E-state index is 6.91. The number of unbranched alkanes of at least 4 members (excludes halogenated alkanes) is 1. The fourth-order valence-electron chi connectivity index (χ4n) is 8.07. The van der Waals surface area contributed by atoms with Crippen molar-refractivity contribution in [1.29, 1.82) is 0 Å². The van der Waals surface area contributed by atoms with Crippen LogP contribution >= 0.6 is 0 Å². The highest BCUT2D eigenvalue weighted by atomic mass is 16.5. The SMILES string of the molecule is CCc1nn(-c2cc(Oc3ccc4c5cc(CCCCC(C)(C)C)ccc5n(-c5cc(C(C)(C)C)ccn5)c4c3)cc(C(C)(C)C)c2)c(CC)c1-c1ccccc1. The molecule has 3 heterocycles. The topological polar surface area (TPSA) is 44.9 Å². The van der Waals surface area contributed by atoms with E-state index in [1.165, 1.54) is 63.5 Å². The van der Waals surface area contributed by atoms with E-state index in [1.807, 2.05) is 6.20 Å². The summed E-state index contributed by atoms with van der Waals surface area (Å²) in [7, 11) is 0. The number of fused-ring (bicyclic) bond motifs is 3. The normalized spacial score (nSPS) is 12.5. The van der Waals surface area contributed by atoms with E-state index in [2.05, 4.69) is 182 Å². The summed E-state index contributed by atoms with van der Waals surface area (Å²) in [5.41, 5.74) is 12.1. The van der Waals surface area contributed by atoms with Crippen molar-refractivity contribution in [2.45, 2.75) is 126 Å². The number of ether oxygens (including phenoxy) is 1. The standard InChI is InChI=1S/C52H62N4O/c1-12-44-49(36-20-15-14-16-21-36)45(13-2)56(54-44)39-30-38(52(9,10)11)31-41(33-39)57-40-23-24-42-43-29-35(19-17-18-27-50(3,4)5)22-25-46(43)55(47(42)34-40)48-32-37(26-28-53-48)51(6,7)8/h14-16,20-26,28-34H,12-13,17-19,27H2,1-11H3. The maximum Gasteiger partial charge on any atom is 0.137 e. The lowest BCUT2D eigenvalue weighted by atomic mass is 9.86. The van der Waals surface area contributed by atoms with Crippen molar-refractivity contribution in [2.24, 2.45) is 5.41 Å². The molecular formula is C52H62N4O. The molecule has 0 unspecified atom stereocenters. The number of hydrogen-bond donors (Lipinski definition) is 0. The molecule has 296 valence electrons. The number of pyridine rings is 1. The van der Waals surface area contributed by atoms with E-state index in [0.29, 0.717) is 5.41 Å². The second-order valence-electron chi connectivity index (χ2n) is 19.1. The van der Waals surface area contributed by atoms with Crippen molar-refractivity contribution in [3.8, 4) is 34.1 Å². The van der Waals surface area contributed by atoms with Crippen molar-refractivity contribution in [3.05, 3.63) is 131 Å². The van der Waals surface area contributed by atoms with Gasteiger partial charge in [0.05, 0.1) is 28.1 Å². The molecule has 7 rings (SSSR count). The number of benzene rings is 4. The molecule has 5 nitrogen and oxygen atoms in total. The van der Waals surface area contributed by atoms with Crippen LogP contribution < -0.4 is 4.74 Å². The van der Waals surface area contributed by atoms with Crippen molar-refractivity contribution in [1.82, 2.24) is 19.3 Å². The van der Waals surface area contributed by atoms with Gasteiger partial charge in [-0.05, 0) is 119 Å². The zero-order valence-electron chi connectivity index (χ0n) is 36.3. The highest BCUT2D eigenvalue weighted by molar-refractivity contribution is 6.09. The smallest absolute Gasteiger partial charge is 0.137 e. The predicted octanol–water partition coefficient (Wildman–Crippen LogP) is 14.3. The highest BCUT2D eigenvalue weighted by Crippen LogP contribution is 2.39. The molecule has 0 saturated carbocycles. The third kappa shape index (κ3) is 8.59. The van der Waals surface area contributed by atoms with E-state index in [1.54, 1.807) is 0 Å². The Labute approximate surface area is 341 Å². The Morgan fingerprint density at radius 2 is 1.39 bits per heavy atom. The molecule has 7 aromatic rings. The first-order valence-electron chi connectivity index (χ1n) is 21.1. The van der Waals surface area contributed by atoms with Gasteiger partial charge in [0.1, 0.15) is 17.3 Å². The Hall–Kier alpha value is -5.16. The van der Waals surface area contributed by atoms with Crippen LogP contribution in [0.5, 0.6) is 11.5 Å². The summed E-state index contributed by atoms with van der Waals surface area (Å²) in [6.07, 6.45) is 8.40. The Morgan fingerprint density at radius 3 is 2.07 bits per heavy atom. The first kappa shape index (κ1) is 40.1. The van der Waals surface area contributed by atoms with E-state index < -0.39 is 0 Å². The Morgan fingerprint density at radius 1 is 0.632 bits per heavy atom. The molecule has 0 atom stereocenters. The first-order chi connectivity index (χ1) is 27.0. The van der Waals surface area contributed by atoms with E-state index in [9.17, 15) is 0 Å². The molecule has 5 heteroatoms.